The summed E-state index contributed by atoms with van der Waals surface area (Å²) in [5.74, 6) is 0.680. The molecule has 0 unspecified atom stereocenters. The quantitative estimate of drug-likeness (QED) is 0.589. The van der Waals surface area contributed by atoms with Crippen molar-refractivity contribution in [2.24, 2.45) is 0 Å². The van der Waals surface area contributed by atoms with Crippen molar-refractivity contribution in [3.05, 3.63) is 60.4 Å². The van der Waals surface area contributed by atoms with Crippen LogP contribution >= 0.6 is 0 Å². The van der Waals surface area contributed by atoms with Gasteiger partial charge in [0, 0.05) is 35.8 Å². The maximum absolute atomic E-state index is 12.7. The third kappa shape index (κ3) is 4.95. The smallest absolute Gasteiger partial charge is 0.394 e. The van der Waals surface area contributed by atoms with Crippen LogP contribution in [0.2, 0.25) is 0 Å². The van der Waals surface area contributed by atoms with E-state index in [4.69, 9.17) is 0 Å². The van der Waals surface area contributed by atoms with E-state index >= 15 is 0 Å². The van der Waals surface area contributed by atoms with Crippen molar-refractivity contribution in [3.63, 3.8) is 0 Å². The summed E-state index contributed by atoms with van der Waals surface area (Å²) in [5, 5.41) is 15.2. The molecule has 0 fully saturated rings. The van der Waals surface area contributed by atoms with Crippen molar-refractivity contribution in [3.8, 4) is 11.3 Å². The number of aliphatic hydroxyl groups excluding tert-OH is 1. The van der Waals surface area contributed by atoms with Gasteiger partial charge in [-0.05, 0) is 43.3 Å². The maximum Gasteiger partial charge on any atom is 0.416 e. The normalized spacial score (nSPS) is 12.5. The lowest BCUT2D eigenvalue weighted by molar-refractivity contribution is -0.137. The van der Waals surface area contributed by atoms with E-state index in [1.54, 1.807) is 37.5 Å². The van der Waals surface area contributed by atoms with Crippen molar-refractivity contribution < 1.29 is 18.3 Å². The van der Waals surface area contributed by atoms with Crippen LogP contribution in [-0.2, 0) is 6.18 Å². The highest BCUT2D eigenvalue weighted by Gasteiger charge is 2.29. The van der Waals surface area contributed by atoms with Gasteiger partial charge in [-0.1, -0.05) is 0 Å². The first kappa shape index (κ1) is 19.6. The van der Waals surface area contributed by atoms with E-state index in [2.05, 4.69) is 25.6 Å². The Morgan fingerprint density at radius 3 is 2.32 bits per heavy atom. The second kappa shape index (κ2) is 8.22. The average molecular weight is 389 g/mol. The Hall–Kier alpha value is -3.20. The van der Waals surface area contributed by atoms with Gasteiger partial charge in [-0.25, -0.2) is 4.98 Å². The van der Waals surface area contributed by atoms with Gasteiger partial charge in [-0.15, -0.1) is 0 Å². The number of nitrogens with zero attached hydrogens (tertiary/aromatic N) is 3. The van der Waals surface area contributed by atoms with Crippen LogP contribution in [-0.4, -0.2) is 32.7 Å². The van der Waals surface area contributed by atoms with Crippen LogP contribution in [0.1, 0.15) is 12.5 Å². The lowest BCUT2D eigenvalue weighted by Crippen LogP contribution is -2.21. The number of rotatable bonds is 6. The van der Waals surface area contributed by atoms with Crippen LogP contribution in [0.4, 0.5) is 30.6 Å². The Labute approximate surface area is 159 Å². The lowest BCUT2D eigenvalue weighted by Gasteiger charge is -2.14. The minimum Gasteiger partial charge on any atom is -0.394 e. The summed E-state index contributed by atoms with van der Waals surface area (Å²) in [6.45, 7) is 1.66. The van der Waals surface area contributed by atoms with E-state index < -0.39 is 11.7 Å². The summed E-state index contributed by atoms with van der Waals surface area (Å²) >= 11 is 0. The average Bonchev–Trinajstić information content (AvgIpc) is 2.68. The fourth-order valence-corrected chi connectivity index (χ4v) is 2.40. The fraction of sp³-hybridized carbons (Fsp3) is 0.211. The van der Waals surface area contributed by atoms with E-state index in [1.807, 2.05) is 0 Å². The second-order valence-electron chi connectivity index (χ2n) is 6.13. The summed E-state index contributed by atoms with van der Waals surface area (Å²) in [4.78, 5) is 12.7. The van der Waals surface area contributed by atoms with Crippen molar-refractivity contribution in [2.75, 3.05) is 17.2 Å². The topological polar surface area (TPSA) is 83.0 Å². The molecular formula is C19H18F3N5O. The van der Waals surface area contributed by atoms with E-state index in [1.165, 1.54) is 12.1 Å². The molecule has 1 atom stereocenters. The highest BCUT2D eigenvalue weighted by Crippen LogP contribution is 2.30. The molecule has 0 radical (unpaired) electrons. The van der Waals surface area contributed by atoms with Crippen LogP contribution in [0, 0.1) is 0 Å². The molecule has 0 saturated carbocycles. The molecule has 0 bridgehead atoms. The Morgan fingerprint density at radius 2 is 1.71 bits per heavy atom. The maximum atomic E-state index is 12.7. The first-order chi connectivity index (χ1) is 13.3. The predicted octanol–water partition coefficient (Wildman–Crippen LogP) is 4.09. The van der Waals surface area contributed by atoms with Gasteiger partial charge in [0.1, 0.15) is 5.82 Å². The second-order valence-corrected chi connectivity index (χ2v) is 6.13. The van der Waals surface area contributed by atoms with E-state index in [-0.39, 0.29) is 18.6 Å². The predicted molar refractivity (Wildman–Crippen MR) is 100 cm³/mol. The molecule has 0 amide bonds. The minimum absolute atomic E-state index is 0.107. The molecule has 3 aromatic rings. The van der Waals surface area contributed by atoms with Gasteiger partial charge < -0.3 is 15.7 Å². The van der Waals surface area contributed by atoms with E-state index in [9.17, 15) is 18.3 Å². The van der Waals surface area contributed by atoms with Crippen LogP contribution < -0.4 is 10.6 Å². The molecule has 2 heterocycles. The van der Waals surface area contributed by atoms with Gasteiger partial charge in [-0.3, -0.25) is 4.98 Å². The summed E-state index contributed by atoms with van der Waals surface area (Å²) < 4.78 is 38.2. The van der Waals surface area contributed by atoms with Crippen molar-refractivity contribution >= 4 is 17.5 Å². The molecule has 0 aliphatic carbocycles. The van der Waals surface area contributed by atoms with Crippen molar-refractivity contribution in [1.82, 2.24) is 15.0 Å². The highest BCUT2D eigenvalue weighted by molar-refractivity contribution is 5.67. The summed E-state index contributed by atoms with van der Waals surface area (Å²) in [7, 11) is 0. The number of pyridine rings is 1. The molecule has 9 heteroatoms. The largest absolute Gasteiger partial charge is 0.416 e. The number of benzene rings is 1. The van der Waals surface area contributed by atoms with Crippen molar-refractivity contribution in [1.29, 1.82) is 0 Å². The van der Waals surface area contributed by atoms with Gasteiger partial charge >= 0.3 is 6.18 Å². The van der Waals surface area contributed by atoms with Crippen molar-refractivity contribution in [2.45, 2.75) is 19.1 Å². The monoisotopic (exact) mass is 389 g/mol. The van der Waals surface area contributed by atoms with Crippen LogP contribution in [0.25, 0.3) is 11.3 Å². The van der Waals surface area contributed by atoms with Gasteiger partial charge in [0.05, 0.1) is 17.9 Å². The zero-order chi connectivity index (χ0) is 20.1. The molecule has 28 heavy (non-hydrogen) atoms. The summed E-state index contributed by atoms with van der Waals surface area (Å²) in [6.07, 6.45) is -1.13. The molecule has 6 nitrogen and oxygen atoms in total. The van der Waals surface area contributed by atoms with Gasteiger partial charge in [-0.2, -0.15) is 18.2 Å². The zero-order valence-electron chi connectivity index (χ0n) is 14.9. The number of aromatic nitrogens is 3. The standard InChI is InChI=1S/C19H18F3N5O/c1-12(11-28)24-18-26-16(13-6-8-23-9-7-13)10-17(27-18)25-15-4-2-14(3-5-15)19(20,21)22/h2-10,12,28H,11H2,1H3,(H2,24,25,26,27)/t12-/m1/s1. The number of aliphatic hydroxyl groups is 1. The zero-order valence-corrected chi connectivity index (χ0v) is 14.9. The summed E-state index contributed by atoms with van der Waals surface area (Å²) in [6, 6.07) is 9.64. The number of anilines is 3. The SMILES string of the molecule is C[C@H](CO)Nc1nc(Nc2ccc(C(F)(F)F)cc2)cc(-c2ccncc2)n1. The molecule has 146 valence electrons. The Balaban J connectivity index is 1.91. The lowest BCUT2D eigenvalue weighted by atomic mass is 10.2. The number of hydrogen-bond acceptors (Lipinski definition) is 6. The molecule has 1 aromatic carbocycles. The Bertz CT molecular complexity index is 917. The third-order valence-corrected chi connectivity index (χ3v) is 3.84. The number of alkyl halides is 3. The Morgan fingerprint density at radius 1 is 1.04 bits per heavy atom. The van der Waals surface area contributed by atoms with Crippen LogP contribution in [0.3, 0.4) is 0 Å². The molecule has 0 spiro atoms. The molecule has 3 N–H and O–H groups in total. The number of halogens is 3. The minimum atomic E-state index is -4.39. The molecule has 0 aliphatic rings. The van der Waals surface area contributed by atoms with Gasteiger partial charge in [0.25, 0.3) is 0 Å². The van der Waals surface area contributed by atoms with E-state index in [0.717, 1.165) is 17.7 Å². The number of nitrogens with one attached hydrogen (secondary N) is 2. The van der Waals surface area contributed by atoms with Crippen LogP contribution in [0.5, 0.6) is 0 Å². The molecule has 0 aliphatic heterocycles. The fourth-order valence-electron chi connectivity index (χ4n) is 2.40. The molecule has 2 aromatic heterocycles. The molecule has 3 rings (SSSR count). The number of hydrogen-bond donors (Lipinski definition) is 3. The van der Waals surface area contributed by atoms with Gasteiger partial charge in [0.15, 0.2) is 0 Å². The van der Waals surface area contributed by atoms with Gasteiger partial charge in [0.2, 0.25) is 5.95 Å². The Kier molecular flexibility index (Phi) is 5.74. The van der Waals surface area contributed by atoms with Crippen LogP contribution in [0.15, 0.2) is 54.9 Å². The van der Waals surface area contributed by atoms with E-state index in [0.29, 0.717) is 17.2 Å². The third-order valence-electron chi connectivity index (χ3n) is 3.84. The first-order valence-corrected chi connectivity index (χ1v) is 8.46. The molecular weight excluding hydrogens is 371 g/mol. The first-order valence-electron chi connectivity index (χ1n) is 8.46. The highest BCUT2D eigenvalue weighted by atomic mass is 19.4. The molecule has 0 saturated heterocycles. The summed E-state index contributed by atoms with van der Waals surface area (Å²) in [5.41, 5.74) is 1.12.